The van der Waals surface area contributed by atoms with Gasteiger partial charge in [0.15, 0.2) is 0 Å². The van der Waals surface area contributed by atoms with E-state index in [-0.39, 0.29) is 24.6 Å². The summed E-state index contributed by atoms with van der Waals surface area (Å²) in [5, 5.41) is 12.5. The third-order valence-electron chi connectivity index (χ3n) is 3.04. The Morgan fingerprint density at radius 2 is 2.18 bits per heavy atom. The molecule has 0 aliphatic carbocycles. The Bertz CT molecular complexity index is 443. The van der Waals surface area contributed by atoms with Gasteiger partial charge in [0.1, 0.15) is 6.04 Å². The van der Waals surface area contributed by atoms with Gasteiger partial charge in [0.2, 0.25) is 5.91 Å². The van der Waals surface area contributed by atoms with Crippen LogP contribution in [0.25, 0.3) is 0 Å². The molecule has 0 aromatic heterocycles. The van der Waals surface area contributed by atoms with Crippen molar-refractivity contribution in [3.8, 4) is 0 Å². The lowest BCUT2D eigenvalue weighted by Crippen LogP contribution is -2.49. The van der Waals surface area contributed by atoms with Gasteiger partial charge in [-0.3, -0.25) is 4.79 Å². The minimum atomic E-state index is -0.252. The Labute approximate surface area is 101 Å². The van der Waals surface area contributed by atoms with Crippen molar-refractivity contribution in [2.45, 2.75) is 39.5 Å². The third kappa shape index (κ3) is 1.89. The maximum Gasteiger partial charge on any atom is 0.249 e. The lowest BCUT2D eigenvalue weighted by molar-refractivity contribution is -0.119. The van der Waals surface area contributed by atoms with E-state index < -0.39 is 0 Å². The Hall–Kier alpha value is -1.55. The average molecular weight is 234 g/mol. The number of anilines is 2. The van der Waals surface area contributed by atoms with Crippen LogP contribution in [0.3, 0.4) is 0 Å². The van der Waals surface area contributed by atoms with Gasteiger partial charge in [0, 0.05) is 11.6 Å². The summed E-state index contributed by atoms with van der Waals surface area (Å²) >= 11 is 0. The van der Waals surface area contributed by atoms with E-state index in [9.17, 15) is 9.90 Å². The second-order valence-electron chi connectivity index (χ2n) is 4.64. The van der Waals surface area contributed by atoms with E-state index in [1.807, 2.05) is 39.0 Å². The number of hydrogen-bond donors (Lipinski definition) is 2. The topological polar surface area (TPSA) is 52.6 Å². The first-order chi connectivity index (χ1) is 8.06. The summed E-state index contributed by atoms with van der Waals surface area (Å²) in [6, 6.07) is 5.50. The molecular formula is C13H18N2O2. The highest BCUT2D eigenvalue weighted by molar-refractivity contribution is 6.05. The number of carbonyl (C=O) groups is 1. The normalized spacial score (nSPS) is 19.2. The highest BCUT2D eigenvalue weighted by Gasteiger charge is 2.32. The molecule has 0 spiro atoms. The van der Waals surface area contributed by atoms with Crippen LogP contribution < -0.4 is 10.2 Å². The fourth-order valence-corrected chi connectivity index (χ4v) is 2.22. The second-order valence-corrected chi connectivity index (χ2v) is 4.64. The van der Waals surface area contributed by atoms with Crippen molar-refractivity contribution in [2.24, 2.45) is 0 Å². The van der Waals surface area contributed by atoms with Crippen molar-refractivity contribution in [3.05, 3.63) is 23.8 Å². The Morgan fingerprint density at radius 1 is 1.47 bits per heavy atom. The van der Waals surface area contributed by atoms with Gasteiger partial charge in [-0.25, -0.2) is 0 Å². The molecule has 1 amide bonds. The number of carbonyl (C=O) groups excluding carboxylic acids is 1. The molecule has 0 radical (unpaired) electrons. The lowest BCUT2D eigenvalue weighted by atomic mass is 10.0. The van der Waals surface area contributed by atoms with Crippen molar-refractivity contribution in [3.63, 3.8) is 0 Å². The number of fused-ring (bicyclic) bond motifs is 1. The van der Waals surface area contributed by atoms with Crippen molar-refractivity contribution in [1.82, 2.24) is 0 Å². The van der Waals surface area contributed by atoms with Gasteiger partial charge < -0.3 is 15.3 Å². The molecule has 2 rings (SSSR count). The average Bonchev–Trinajstić information content (AvgIpc) is 2.29. The van der Waals surface area contributed by atoms with Crippen LogP contribution in [0, 0.1) is 0 Å². The predicted octanol–water partition coefficient (Wildman–Crippen LogP) is 1.73. The van der Waals surface area contributed by atoms with Crippen LogP contribution in [0.5, 0.6) is 0 Å². The van der Waals surface area contributed by atoms with Crippen molar-refractivity contribution >= 4 is 17.3 Å². The molecule has 17 heavy (non-hydrogen) atoms. The summed E-state index contributed by atoms with van der Waals surface area (Å²) in [6.45, 7) is 5.80. The van der Waals surface area contributed by atoms with E-state index in [0.29, 0.717) is 0 Å². The van der Waals surface area contributed by atoms with Crippen LogP contribution in [-0.4, -0.2) is 23.1 Å². The van der Waals surface area contributed by atoms with Gasteiger partial charge in [0.25, 0.3) is 0 Å². The third-order valence-corrected chi connectivity index (χ3v) is 3.04. The Kier molecular flexibility index (Phi) is 3.07. The van der Waals surface area contributed by atoms with Crippen molar-refractivity contribution < 1.29 is 9.90 Å². The summed E-state index contributed by atoms with van der Waals surface area (Å²) in [5.41, 5.74) is 2.55. The summed E-state index contributed by atoms with van der Waals surface area (Å²) in [4.78, 5) is 13.9. The maximum atomic E-state index is 12.1. The van der Waals surface area contributed by atoms with Crippen LogP contribution >= 0.6 is 0 Å². The summed E-state index contributed by atoms with van der Waals surface area (Å²) in [7, 11) is 0. The van der Waals surface area contributed by atoms with Gasteiger partial charge >= 0.3 is 0 Å². The van der Waals surface area contributed by atoms with Crippen LogP contribution in [0.1, 0.15) is 26.3 Å². The smallest absolute Gasteiger partial charge is 0.249 e. The zero-order valence-corrected chi connectivity index (χ0v) is 10.4. The molecule has 0 saturated heterocycles. The van der Waals surface area contributed by atoms with Gasteiger partial charge in [-0.05, 0) is 26.8 Å². The summed E-state index contributed by atoms with van der Waals surface area (Å²) in [6.07, 6.45) is 0. The molecule has 1 unspecified atom stereocenters. The van der Waals surface area contributed by atoms with Crippen LogP contribution in [0.15, 0.2) is 18.2 Å². The molecule has 0 bridgehead atoms. The fraction of sp³-hybridized carbons (Fsp3) is 0.462. The Balaban J connectivity index is 2.56. The number of aliphatic hydroxyl groups excluding tert-OH is 1. The first-order valence-corrected chi connectivity index (χ1v) is 5.88. The zero-order valence-electron chi connectivity index (χ0n) is 10.4. The highest BCUT2D eigenvalue weighted by atomic mass is 16.3. The number of benzene rings is 1. The fourth-order valence-electron chi connectivity index (χ4n) is 2.22. The monoisotopic (exact) mass is 234 g/mol. The highest BCUT2D eigenvalue weighted by Crippen LogP contribution is 2.35. The van der Waals surface area contributed by atoms with Crippen molar-refractivity contribution in [2.75, 3.05) is 10.2 Å². The lowest BCUT2D eigenvalue weighted by Gasteiger charge is -2.37. The van der Waals surface area contributed by atoms with E-state index >= 15 is 0 Å². The van der Waals surface area contributed by atoms with Crippen LogP contribution in [0.2, 0.25) is 0 Å². The summed E-state index contributed by atoms with van der Waals surface area (Å²) in [5.74, 6) is 0.0718. The zero-order chi connectivity index (χ0) is 12.6. The molecule has 92 valence electrons. The molecule has 1 aromatic rings. The Morgan fingerprint density at radius 3 is 2.76 bits per heavy atom. The number of rotatable bonds is 2. The van der Waals surface area contributed by atoms with Crippen LogP contribution in [-0.2, 0) is 11.4 Å². The predicted molar refractivity (Wildman–Crippen MR) is 68.1 cm³/mol. The van der Waals surface area contributed by atoms with Crippen molar-refractivity contribution in [1.29, 1.82) is 0 Å². The molecule has 1 atom stereocenters. The van der Waals surface area contributed by atoms with E-state index in [1.54, 1.807) is 4.90 Å². The number of nitrogens with zero attached hydrogens (tertiary/aromatic N) is 1. The number of amides is 1. The quantitative estimate of drug-likeness (QED) is 0.819. The van der Waals surface area contributed by atoms with E-state index in [1.165, 1.54) is 0 Å². The molecule has 1 aliphatic heterocycles. The van der Waals surface area contributed by atoms with E-state index in [0.717, 1.165) is 16.9 Å². The number of aliphatic hydroxyl groups is 1. The van der Waals surface area contributed by atoms with E-state index in [2.05, 4.69) is 5.32 Å². The second kappa shape index (κ2) is 4.37. The molecule has 1 aliphatic rings. The number of para-hydroxylation sites is 1. The first-order valence-electron chi connectivity index (χ1n) is 5.88. The number of nitrogens with one attached hydrogen (secondary N) is 1. The molecule has 4 heteroatoms. The molecular weight excluding hydrogens is 216 g/mol. The SMILES string of the molecule is CC1Nc2c(CO)cccc2N(C(C)C)C1=O. The van der Waals surface area contributed by atoms with Gasteiger partial charge in [-0.2, -0.15) is 0 Å². The molecule has 4 nitrogen and oxygen atoms in total. The minimum absolute atomic E-state index is 0.0248. The summed E-state index contributed by atoms with van der Waals surface area (Å²) < 4.78 is 0. The standard InChI is InChI=1S/C13H18N2O2/c1-8(2)15-11-6-4-5-10(7-16)12(11)14-9(3)13(15)17/h4-6,8-9,14,16H,7H2,1-3H3. The minimum Gasteiger partial charge on any atom is -0.392 e. The number of hydrogen-bond acceptors (Lipinski definition) is 3. The van der Waals surface area contributed by atoms with Gasteiger partial charge in [-0.15, -0.1) is 0 Å². The molecule has 0 saturated carbocycles. The first kappa shape index (κ1) is 11.9. The van der Waals surface area contributed by atoms with Gasteiger partial charge in [0.05, 0.1) is 18.0 Å². The van der Waals surface area contributed by atoms with Crippen LogP contribution in [0.4, 0.5) is 11.4 Å². The molecule has 1 heterocycles. The molecule has 2 N–H and O–H groups in total. The van der Waals surface area contributed by atoms with E-state index in [4.69, 9.17) is 0 Å². The van der Waals surface area contributed by atoms with Gasteiger partial charge in [-0.1, -0.05) is 12.1 Å². The molecule has 1 aromatic carbocycles. The largest absolute Gasteiger partial charge is 0.392 e. The maximum absolute atomic E-state index is 12.1. The molecule has 0 fully saturated rings.